The van der Waals surface area contributed by atoms with Crippen molar-refractivity contribution in [2.75, 3.05) is 33.6 Å². The Morgan fingerprint density at radius 3 is 2.41 bits per heavy atom. The number of amides is 1. The van der Waals surface area contributed by atoms with Gasteiger partial charge in [-0.2, -0.15) is 5.10 Å². The van der Waals surface area contributed by atoms with Crippen LogP contribution in [0.5, 0.6) is 17.2 Å². The van der Waals surface area contributed by atoms with Crippen LogP contribution in [0.1, 0.15) is 21.4 Å². The lowest BCUT2D eigenvalue weighted by atomic mass is 10.1. The van der Waals surface area contributed by atoms with E-state index < -0.39 is 0 Å². The average molecular weight is 391 g/mol. The van der Waals surface area contributed by atoms with E-state index in [1.54, 1.807) is 44.1 Å². The zero-order valence-electron chi connectivity index (χ0n) is 15.6. The van der Waals surface area contributed by atoms with E-state index in [-0.39, 0.29) is 22.5 Å². The second-order valence-corrected chi connectivity index (χ2v) is 7.04. The van der Waals surface area contributed by atoms with E-state index in [0.717, 1.165) is 16.0 Å². The van der Waals surface area contributed by atoms with Crippen molar-refractivity contribution in [3.8, 4) is 17.2 Å². The first-order valence-corrected chi connectivity index (χ1v) is 9.32. The number of aryl methyl sites for hydroxylation is 1. The molecule has 3 rings (SSSR count). The highest BCUT2D eigenvalue weighted by Crippen LogP contribution is 2.46. The number of carbonyl (C=O) groups excluding carboxylic acids is 1. The summed E-state index contributed by atoms with van der Waals surface area (Å²) in [4.78, 5) is 26.3. The second-order valence-electron chi connectivity index (χ2n) is 5.85. The summed E-state index contributed by atoms with van der Waals surface area (Å²) in [6.45, 7) is 0.566. The zero-order valence-corrected chi connectivity index (χ0v) is 16.4. The fourth-order valence-electron chi connectivity index (χ4n) is 2.94. The van der Waals surface area contributed by atoms with Gasteiger partial charge >= 0.3 is 0 Å². The maximum absolute atomic E-state index is 13.0. The van der Waals surface area contributed by atoms with Crippen LogP contribution < -0.4 is 19.8 Å². The molecule has 1 saturated heterocycles. The van der Waals surface area contributed by atoms with E-state index in [2.05, 4.69) is 5.10 Å². The Morgan fingerprint density at radius 2 is 1.78 bits per heavy atom. The van der Waals surface area contributed by atoms with Gasteiger partial charge in [0.15, 0.2) is 11.5 Å². The Bertz CT molecular complexity index is 914. The minimum Gasteiger partial charge on any atom is -0.496 e. The van der Waals surface area contributed by atoms with Gasteiger partial charge in [-0.15, -0.1) is 11.8 Å². The third-order valence-corrected chi connectivity index (χ3v) is 5.58. The predicted molar refractivity (Wildman–Crippen MR) is 102 cm³/mol. The molecule has 0 spiro atoms. The summed E-state index contributed by atoms with van der Waals surface area (Å²) in [5, 5.41) is 3.82. The zero-order chi connectivity index (χ0) is 19.6. The topological polar surface area (TPSA) is 82.9 Å². The van der Waals surface area contributed by atoms with Crippen molar-refractivity contribution in [2.45, 2.75) is 5.37 Å². The van der Waals surface area contributed by atoms with Gasteiger partial charge in [-0.3, -0.25) is 9.59 Å². The third-order valence-electron chi connectivity index (χ3n) is 4.33. The Balaban J connectivity index is 1.99. The molecule has 0 N–H and O–H groups in total. The Kier molecular flexibility index (Phi) is 5.59. The van der Waals surface area contributed by atoms with Crippen molar-refractivity contribution in [3.63, 3.8) is 0 Å². The summed E-state index contributed by atoms with van der Waals surface area (Å²) in [5.74, 6) is 2.27. The van der Waals surface area contributed by atoms with Gasteiger partial charge in [-0.05, 0) is 12.1 Å². The Labute approximate surface area is 161 Å². The molecule has 0 bridgehead atoms. The minimum atomic E-state index is -0.263. The number of thioether (sulfide) groups is 1. The number of aromatic nitrogens is 2. The normalized spacial score (nSPS) is 16.3. The summed E-state index contributed by atoms with van der Waals surface area (Å²) >= 11 is 1.63. The molecule has 2 heterocycles. The van der Waals surface area contributed by atoms with E-state index in [1.165, 1.54) is 19.2 Å². The maximum atomic E-state index is 13.0. The summed E-state index contributed by atoms with van der Waals surface area (Å²) in [6.07, 6.45) is 0. The van der Waals surface area contributed by atoms with Crippen molar-refractivity contribution < 1.29 is 19.0 Å². The largest absolute Gasteiger partial charge is 0.496 e. The molecule has 1 aromatic heterocycles. The highest BCUT2D eigenvalue weighted by Gasteiger charge is 2.34. The molecule has 8 nitrogen and oxygen atoms in total. The van der Waals surface area contributed by atoms with Crippen LogP contribution in [-0.4, -0.2) is 54.2 Å². The first-order chi connectivity index (χ1) is 13.0. The molecule has 1 aliphatic heterocycles. The van der Waals surface area contributed by atoms with Crippen LogP contribution in [0.4, 0.5) is 0 Å². The number of ether oxygens (including phenoxy) is 3. The maximum Gasteiger partial charge on any atom is 0.275 e. The van der Waals surface area contributed by atoms with E-state index in [9.17, 15) is 9.59 Å². The number of hydrogen-bond donors (Lipinski definition) is 0. The smallest absolute Gasteiger partial charge is 0.275 e. The van der Waals surface area contributed by atoms with Crippen molar-refractivity contribution in [1.29, 1.82) is 0 Å². The molecular formula is C18H21N3O5S. The molecule has 0 saturated carbocycles. The van der Waals surface area contributed by atoms with Gasteiger partial charge in [0.1, 0.15) is 16.8 Å². The lowest BCUT2D eigenvalue weighted by Gasteiger charge is -2.26. The molecule has 0 radical (unpaired) electrons. The van der Waals surface area contributed by atoms with Gasteiger partial charge in [0.05, 0.1) is 21.3 Å². The molecule has 1 unspecified atom stereocenters. The number of methoxy groups -OCH3 is 3. The fourth-order valence-corrected chi connectivity index (χ4v) is 4.22. The number of rotatable bonds is 5. The Hall–Kier alpha value is -2.68. The highest BCUT2D eigenvalue weighted by molar-refractivity contribution is 7.99. The van der Waals surface area contributed by atoms with Crippen LogP contribution in [0.3, 0.4) is 0 Å². The molecule has 1 aromatic carbocycles. The van der Waals surface area contributed by atoms with E-state index in [4.69, 9.17) is 14.2 Å². The summed E-state index contributed by atoms with van der Waals surface area (Å²) in [5.41, 5.74) is 0.778. The number of hydrogen-bond acceptors (Lipinski definition) is 7. The average Bonchev–Trinajstić information content (AvgIpc) is 3.17. The van der Waals surface area contributed by atoms with E-state index >= 15 is 0 Å². The van der Waals surface area contributed by atoms with Gasteiger partial charge in [-0.1, -0.05) is 0 Å². The number of nitrogens with zero attached hydrogens (tertiary/aromatic N) is 3. The summed E-state index contributed by atoms with van der Waals surface area (Å²) in [6, 6.07) is 6.38. The molecule has 9 heteroatoms. The lowest BCUT2D eigenvalue weighted by molar-refractivity contribution is 0.0750. The van der Waals surface area contributed by atoms with Crippen LogP contribution in [0, 0.1) is 0 Å². The van der Waals surface area contributed by atoms with Crippen LogP contribution in [0.15, 0.2) is 29.1 Å². The van der Waals surface area contributed by atoms with Crippen molar-refractivity contribution >= 4 is 17.7 Å². The van der Waals surface area contributed by atoms with E-state index in [0.29, 0.717) is 23.8 Å². The summed E-state index contributed by atoms with van der Waals surface area (Å²) < 4.78 is 17.4. The molecule has 1 fully saturated rings. The first kappa shape index (κ1) is 19.1. The first-order valence-electron chi connectivity index (χ1n) is 8.27. The van der Waals surface area contributed by atoms with Gasteiger partial charge in [-0.25, -0.2) is 4.68 Å². The predicted octanol–water partition coefficient (Wildman–Crippen LogP) is 1.69. The molecule has 0 aliphatic carbocycles. The van der Waals surface area contributed by atoms with Gasteiger partial charge in [0, 0.05) is 37.0 Å². The molecule has 27 heavy (non-hydrogen) atoms. The molecule has 1 atom stereocenters. The SMILES string of the molecule is COc1cc(OC)c(C2SCCN2C(=O)c2ccc(=O)n(C)n2)cc1OC. The highest BCUT2D eigenvalue weighted by atomic mass is 32.2. The molecular weight excluding hydrogens is 370 g/mol. The molecule has 1 aliphatic rings. The van der Waals surface area contributed by atoms with Crippen LogP contribution in [0.25, 0.3) is 0 Å². The lowest BCUT2D eigenvalue weighted by Crippen LogP contribution is -2.33. The van der Waals surface area contributed by atoms with Crippen LogP contribution in [-0.2, 0) is 7.05 Å². The van der Waals surface area contributed by atoms with Crippen LogP contribution in [0.2, 0.25) is 0 Å². The van der Waals surface area contributed by atoms with Crippen molar-refractivity contribution in [2.24, 2.45) is 7.05 Å². The molecule has 144 valence electrons. The van der Waals surface area contributed by atoms with Crippen molar-refractivity contribution in [3.05, 3.63) is 45.9 Å². The molecule has 1 amide bonds. The quantitative estimate of drug-likeness (QED) is 0.767. The minimum absolute atomic E-state index is 0.226. The van der Waals surface area contributed by atoms with Gasteiger partial charge in [0.25, 0.3) is 11.5 Å². The van der Waals surface area contributed by atoms with E-state index in [1.807, 2.05) is 6.07 Å². The molecule has 2 aromatic rings. The second kappa shape index (κ2) is 7.91. The summed E-state index contributed by atoms with van der Waals surface area (Å²) in [7, 11) is 6.22. The number of benzene rings is 1. The van der Waals surface area contributed by atoms with Gasteiger partial charge < -0.3 is 19.1 Å². The monoisotopic (exact) mass is 391 g/mol. The van der Waals surface area contributed by atoms with Gasteiger partial charge in [0.2, 0.25) is 0 Å². The van der Waals surface area contributed by atoms with Crippen molar-refractivity contribution in [1.82, 2.24) is 14.7 Å². The van der Waals surface area contributed by atoms with Crippen LogP contribution >= 0.6 is 11.8 Å². The number of carbonyl (C=O) groups is 1. The Morgan fingerprint density at radius 1 is 1.11 bits per heavy atom. The standard InChI is InChI=1S/C18H21N3O5S/c1-20-16(22)6-5-12(19-20)17(23)21-7-8-27-18(21)11-9-14(25-3)15(26-4)10-13(11)24-2/h5-6,9-10,18H,7-8H2,1-4H3. The third kappa shape index (κ3) is 3.59. The fraction of sp³-hybridized carbons (Fsp3) is 0.389.